The number of rotatable bonds is 2. The van der Waals surface area contributed by atoms with E-state index in [2.05, 4.69) is 4.98 Å². The van der Waals surface area contributed by atoms with Gasteiger partial charge in [0.1, 0.15) is 5.75 Å². The van der Waals surface area contributed by atoms with E-state index in [1.54, 1.807) is 27.4 Å². The fourth-order valence-corrected chi connectivity index (χ4v) is 2.41. The average molecular weight is 322 g/mol. The molecule has 122 valence electrons. The molecule has 0 bridgehead atoms. The number of benzene rings is 1. The van der Waals surface area contributed by atoms with Crippen LogP contribution in [-0.2, 0) is 0 Å². The highest BCUT2D eigenvalue weighted by atomic mass is 32.2. The van der Waals surface area contributed by atoms with Gasteiger partial charge < -0.3 is 9.64 Å². The third kappa shape index (κ3) is 5.22. The first-order valence-corrected chi connectivity index (χ1v) is 8.26. The van der Waals surface area contributed by atoms with Crippen LogP contribution in [0.1, 0.15) is 27.7 Å². The number of hydrogen-bond acceptors (Lipinski definition) is 4. The van der Waals surface area contributed by atoms with Crippen molar-refractivity contribution >= 4 is 27.9 Å². The molecule has 0 saturated carbocycles. The summed E-state index contributed by atoms with van der Waals surface area (Å²) in [6.07, 6.45) is 1.71. The molecule has 1 aromatic carbocycles. The highest BCUT2D eigenvalue weighted by Gasteiger charge is 2.15. The van der Waals surface area contributed by atoms with E-state index in [1.165, 1.54) is 4.90 Å². The molecule has 0 atom stereocenters. The van der Waals surface area contributed by atoms with Crippen molar-refractivity contribution in [1.82, 2.24) is 9.88 Å². The Morgan fingerprint density at radius 2 is 1.77 bits per heavy atom. The molecule has 1 heterocycles. The van der Waals surface area contributed by atoms with Crippen LogP contribution in [0.2, 0.25) is 0 Å². The Kier molecular flexibility index (Phi) is 10.0. The molecule has 0 N–H and O–H groups in total. The molecular weight excluding hydrogens is 296 g/mol. The summed E-state index contributed by atoms with van der Waals surface area (Å²) in [6.45, 7) is 8.00. The number of fused-ring (bicyclic) bond motifs is 1. The van der Waals surface area contributed by atoms with Crippen LogP contribution >= 0.6 is 11.8 Å². The van der Waals surface area contributed by atoms with E-state index < -0.39 is 0 Å². The summed E-state index contributed by atoms with van der Waals surface area (Å²) in [4.78, 5) is 18.5. The van der Waals surface area contributed by atoms with Gasteiger partial charge >= 0.3 is 0 Å². The van der Waals surface area contributed by atoms with Crippen LogP contribution < -0.4 is 4.74 Å². The Labute approximate surface area is 137 Å². The van der Waals surface area contributed by atoms with Crippen LogP contribution in [-0.4, -0.2) is 36.3 Å². The third-order valence-corrected chi connectivity index (χ3v) is 3.60. The van der Waals surface area contributed by atoms with E-state index >= 15 is 0 Å². The molecule has 0 aliphatic rings. The minimum atomic E-state index is -0.0496. The summed E-state index contributed by atoms with van der Waals surface area (Å²) in [5.74, 6) is 0.668. The lowest BCUT2D eigenvalue weighted by atomic mass is 10.2. The van der Waals surface area contributed by atoms with Crippen LogP contribution in [0.25, 0.3) is 10.9 Å². The van der Waals surface area contributed by atoms with Crippen LogP contribution in [0.4, 0.5) is 4.79 Å². The van der Waals surface area contributed by atoms with Gasteiger partial charge in [-0.1, -0.05) is 33.8 Å². The molecule has 1 amide bonds. The molecule has 0 aliphatic heterocycles. The first-order chi connectivity index (χ1) is 10.6. The Hall–Kier alpha value is -1.75. The van der Waals surface area contributed by atoms with Gasteiger partial charge in [0.25, 0.3) is 5.24 Å². The summed E-state index contributed by atoms with van der Waals surface area (Å²) in [5, 5.41) is 0.943. The van der Waals surface area contributed by atoms with Gasteiger partial charge in [0.15, 0.2) is 0 Å². The molecule has 5 heteroatoms. The molecule has 2 aromatic rings. The monoisotopic (exact) mass is 322 g/mol. The van der Waals surface area contributed by atoms with E-state index in [9.17, 15) is 4.79 Å². The van der Waals surface area contributed by atoms with Gasteiger partial charge in [-0.2, -0.15) is 0 Å². The van der Waals surface area contributed by atoms with Gasteiger partial charge in [-0.05, 0) is 30.0 Å². The standard InChI is InChI=1S/C13H14N2O2S.2C2H6/c1-15(2)13(16)18-12-10(17-3)7-6-9-5-4-8-14-11(9)12;2*1-2/h4-8H,1-3H3;2*1-2H3. The topological polar surface area (TPSA) is 42.4 Å². The van der Waals surface area contributed by atoms with Crippen molar-refractivity contribution in [2.45, 2.75) is 32.6 Å². The number of ether oxygens (including phenoxy) is 1. The molecule has 0 fully saturated rings. The average Bonchev–Trinajstić information content (AvgIpc) is 2.58. The molecule has 0 unspecified atom stereocenters. The normalized spacial score (nSPS) is 9.05. The van der Waals surface area contributed by atoms with E-state index in [-0.39, 0.29) is 5.24 Å². The number of methoxy groups -OCH3 is 1. The number of hydrogen-bond donors (Lipinski definition) is 0. The van der Waals surface area contributed by atoms with Gasteiger partial charge in [-0.15, -0.1) is 0 Å². The van der Waals surface area contributed by atoms with E-state index in [1.807, 2.05) is 52.0 Å². The van der Waals surface area contributed by atoms with Gasteiger partial charge in [-0.25, -0.2) is 0 Å². The molecule has 0 spiro atoms. The second-order valence-corrected chi connectivity index (χ2v) is 4.90. The third-order valence-electron chi connectivity index (χ3n) is 2.47. The number of aromatic nitrogens is 1. The summed E-state index contributed by atoms with van der Waals surface area (Å²) in [5.41, 5.74) is 0.789. The maximum Gasteiger partial charge on any atom is 0.286 e. The largest absolute Gasteiger partial charge is 0.495 e. The van der Waals surface area contributed by atoms with Crippen molar-refractivity contribution in [1.29, 1.82) is 0 Å². The zero-order valence-corrected chi connectivity index (χ0v) is 15.3. The molecule has 4 nitrogen and oxygen atoms in total. The predicted octanol–water partition coefficient (Wildman–Crippen LogP) is 5.07. The van der Waals surface area contributed by atoms with Crippen molar-refractivity contribution < 1.29 is 9.53 Å². The first kappa shape index (κ1) is 20.2. The Bertz CT molecular complexity index is 586. The van der Waals surface area contributed by atoms with Crippen molar-refractivity contribution in [3.63, 3.8) is 0 Å². The van der Waals surface area contributed by atoms with Gasteiger partial charge in [-0.3, -0.25) is 9.78 Å². The van der Waals surface area contributed by atoms with Crippen molar-refractivity contribution in [2.24, 2.45) is 0 Å². The minimum absolute atomic E-state index is 0.0496. The first-order valence-electron chi connectivity index (χ1n) is 7.44. The highest BCUT2D eigenvalue weighted by Crippen LogP contribution is 2.36. The van der Waals surface area contributed by atoms with Crippen LogP contribution in [0.15, 0.2) is 35.4 Å². The lowest BCUT2D eigenvalue weighted by Crippen LogP contribution is -2.16. The fourth-order valence-electron chi connectivity index (χ4n) is 1.54. The second-order valence-electron chi connectivity index (χ2n) is 3.93. The molecule has 0 radical (unpaired) electrons. The number of nitrogens with zero attached hydrogens (tertiary/aromatic N) is 2. The number of pyridine rings is 1. The zero-order valence-electron chi connectivity index (χ0n) is 14.5. The number of carbonyl (C=O) groups is 1. The van der Waals surface area contributed by atoms with Crippen molar-refractivity contribution in [3.05, 3.63) is 30.5 Å². The Balaban J connectivity index is 0.00000102. The van der Waals surface area contributed by atoms with E-state index in [0.29, 0.717) is 5.75 Å². The summed E-state index contributed by atoms with van der Waals surface area (Å²) < 4.78 is 5.30. The van der Waals surface area contributed by atoms with Gasteiger partial charge in [0.05, 0.1) is 17.5 Å². The van der Waals surface area contributed by atoms with Gasteiger partial charge in [0, 0.05) is 25.7 Å². The highest BCUT2D eigenvalue weighted by molar-refractivity contribution is 8.13. The Morgan fingerprint density at radius 3 is 2.32 bits per heavy atom. The van der Waals surface area contributed by atoms with E-state index in [4.69, 9.17) is 4.74 Å². The van der Waals surface area contributed by atoms with Crippen LogP contribution in [0.5, 0.6) is 5.75 Å². The summed E-state index contributed by atoms with van der Waals surface area (Å²) >= 11 is 1.13. The van der Waals surface area contributed by atoms with E-state index in [0.717, 1.165) is 27.6 Å². The summed E-state index contributed by atoms with van der Waals surface area (Å²) in [7, 11) is 5.04. The predicted molar refractivity (Wildman–Crippen MR) is 95.9 cm³/mol. The summed E-state index contributed by atoms with van der Waals surface area (Å²) in [6, 6.07) is 7.63. The van der Waals surface area contributed by atoms with Crippen LogP contribution in [0.3, 0.4) is 0 Å². The molecule has 1 aromatic heterocycles. The van der Waals surface area contributed by atoms with Crippen molar-refractivity contribution in [3.8, 4) is 5.75 Å². The van der Waals surface area contributed by atoms with Crippen LogP contribution in [0, 0.1) is 0 Å². The fraction of sp³-hybridized carbons (Fsp3) is 0.412. The second kappa shape index (κ2) is 10.9. The number of thioether (sulfide) groups is 1. The molecule has 22 heavy (non-hydrogen) atoms. The molecule has 0 aliphatic carbocycles. The number of amides is 1. The Morgan fingerprint density at radius 1 is 1.14 bits per heavy atom. The van der Waals surface area contributed by atoms with Crippen molar-refractivity contribution in [2.75, 3.05) is 21.2 Å². The zero-order chi connectivity index (χ0) is 17.1. The molecule has 0 saturated heterocycles. The molecule has 2 rings (SSSR count). The smallest absolute Gasteiger partial charge is 0.286 e. The quantitative estimate of drug-likeness (QED) is 0.724. The lowest BCUT2D eigenvalue weighted by molar-refractivity contribution is 0.241. The molecular formula is C17H26N2O2S. The maximum atomic E-state index is 11.8. The maximum absolute atomic E-state index is 11.8. The minimum Gasteiger partial charge on any atom is -0.495 e. The van der Waals surface area contributed by atoms with Gasteiger partial charge in [0.2, 0.25) is 0 Å². The lowest BCUT2D eigenvalue weighted by Gasteiger charge is -2.13. The number of carbonyl (C=O) groups excluding carboxylic acids is 1. The SMILES string of the molecule is CC.CC.COc1ccc2cccnc2c1SC(=O)N(C)C.